The quantitative estimate of drug-likeness (QED) is 0.761. The van der Waals surface area contributed by atoms with Gasteiger partial charge in [-0.3, -0.25) is 0 Å². The maximum Gasteiger partial charge on any atom is 0.341 e. The molecule has 0 fully saturated rings. The highest BCUT2D eigenvalue weighted by atomic mass is 32.2. The van der Waals surface area contributed by atoms with E-state index in [0.717, 1.165) is 0 Å². The average Bonchev–Trinajstić information content (AvgIpc) is 2.43. The molecule has 1 unspecified atom stereocenters. The number of carboxylic acids is 1. The Hall–Kier alpha value is -2.11. The monoisotopic (exact) mass is 298 g/mol. The molecule has 0 aromatic heterocycles. The highest BCUT2D eigenvalue weighted by Crippen LogP contribution is 2.15. The molecule has 0 amide bonds. The highest BCUT2D eigenvalue weighted by Gasteiger charge is 2.15. The predicted molar refractivity (Wildman–Crippen MR) is 69.5 cm³/mol. The summed E-state index contributed by atoms with van der Waals surface area (Å²) >= 11 is 0. The number of nitrogens with one attached hydrogen (secondary N) is 1. The fraction of sp³-hybridized carbons (Fsp3) is 0.333. The van der Waals surface area contributed by atoms with E-state index in [-0.39, 0.29) is 17.2 Å². The highest BCUT2D eigenvalue weighted by molar-refractivity contribution is 7.89. The van der Waals surface area contributed by atoms with Crippen molar-refractivity contribution in [3.63, 3.8) is 0 Å². The van der Waals surface area contributed by atoms with E-state index in [9.17, 15) is 13.2 Å². The fourth-order valence-corrected chi connectivity index (χ4v) is 2.35. The van der Waals surface area contributed by atoms with E-state index in [2.05, 4.69) is 4.72 Å². The summed E-state index contributed by atoms with van der Waals surface area (Å²) in [5, 5.41) is 17.0. The number of hydrogen-bond donors (Lipinski definition) is 2. The minimum atomic E-state index is -3.69. The van der Waals surface area contributed by atoms with Crippen LogP contribution in [0, 0.1) is 17.2 Å². The van der Waals surface area contributed by atoms with Crippen molar-refractivity contribution in [3.05, 3.63) is 24.3 Å². The number of rotatable bonds is 7. The molecule has 0 saturated carbocycles. The summed E-state index contributed by atoms with van der Waals surface area (Å²) in [4.78, 5) is 10.3. The first kappa shape index (κ1) is 15.9. The van der Waals surface area contributed by atoms with Crippen LogP contribution in [0.5, 0.6) is 5.75 Å². The topological polar surface area (TPSA) is 116 Å². The number of sulfonamides is 1. The first-order chi connectivity index (χ1) is 9.35. The Bertz CT molecular complexity index is 604. The zero-order valence-electron chi connectivity index (χ0n) is 10.7. The van der Waals surface area contributed by atoms with Crippen molar-refractivity contribution >= 4 is 16.0 Å². The molecule has 1 aromatic carbocycles. The van der Waals surface area contributed by atoms with E-state index in [4.69, 9.17) is 15.1 Å². The smallest absolute Gasteiger partial charge is 0.341 e. The zero-order valence-corrected chi connectivity index (χ0v) is 11.6. The van der Waals surface area contributed by atoms with Crippen molar-refractivity contribution in [1.29, 1.82) is 5.26 Å². The van der Waals surface area contributed by atoms with Gasteiger partial charge in [0.05, 0.1) is 16.9 Å². The molecule has 0 radical (unpaired) electrons. The lowest BCUT2D eigenvalue weighted by Gasteiger charge is -2.08. The molecule has 0 heterocycles. The Balaban J connectivity index is 2.72. The molecule has 0 spiro atoms. The van der Waals surface area contributed by atoms with Gasteiger partial charge >= 0.3 is 5.97 Å². The molecule has 8 heteroatoms. The maximum atomic E-state index is 11.9. The molecule has 2 N–H and O–H groups in total. The number of ether oxygens (including phenoxy) is 1. The van der Waals surface area contributed by atoms with E-state index in [1.165, 1.54) is 24.3 Å². The number of carbonyl (C=O) groups is 1. The second-order valence-corrected chi connectivity index (χ2v) is 5.80. The van der Waals surface area contributed by atoms with Crippen molar-refractivity contribution in [2.75, 3.05) is 13.2 Å². The Morgan fingerprint density at radius 2 is 2.05 bits per heavy atom. The molecule has 1 aromatic rings. The van der Waals surface area contributed by atoms with Crippen molar-refractivity contribution in [2.24, 2.45) is 5.92 Å². The summed E-state index contributed by atoms with van der Waals surface area (Å²) in [6.45, 7) is 1.13. The van der Waals surface area contributed by atoms with Crippen molar-refractivity contribution in [1.82, 2.24) is 4.72 Å². The SMILES string of the molecule is CC(C#N)CNS(=O)(=O)c1ccc(OCC(=O)O)cc1. The Morgan fingerprint density at radius 3 is 2.55 bits per heavy atom. The second-order valence-electron chi connectivity index (χ2n) is 4.04. The molecule has 0 bridgehead atoms. The Morgan fingerprint density at radius 1 is 1.45 bits per heavy atom. The molecule has 0 aliphatic carbocycles. The van der Waals surface area contributed by atoms with Gasteiger partial charge in [-0.15, -0.1) is 0 Å². The fourth-order valence-electron chi connectivity index (χ4n) is 1.22. The minimum absolute atomic E-state index is 0.0188. The number of benzene rings is 1. The van der Waals surface area contributed by atoms with E-state index < -0.39 is 28.5 Å². The van der Waals surface area contributed by atoms with Gasteiger partial charge in [0.15, 0.2) is 6.61 Å². The minimum Gasteiger partial charge on any atom is -0.482 e. The summed E-state index contributed by atoms with van der Waals surface area (Å²) in [6, 6.07) is 7.26. The van der Waals surface area contributed by atoms with Crippen molar-refractivity contribution < 1.29 is 23.1 Å². The van der Waals surface area contributed by atoms with Crippen LogP contribution < -0.4 is 9.46 Å². The zero-order chi connectivity index (χ0) is 15.2. The molecule has 1 rings (SSSR count). The van der Waals surface area contributed by atoms with E-state index in [1.54, 1.807) is 6.92 Å². The molecule has 0 saturated heterocycles. The van der Waals surface area contributed by atoms with Crippen LogP contribution in [0.15, 0.2) is 29.2 Å². The molecule has 0 aliphatic heterocycles. The lowest BCUT2D eigenvalue weighted by atomic mass is 10.2. The average molecular weight is 298 g/mol. The largest absolute Gasteiger partial charge is 0.482 e. The van der Waals surface area contributed by atoms with Crippen LogP contribution in [0.4, 0.5) is 0 Å². The molecule has 108 valence electrons. The van der Waals surface area contributed by atoms with Gasteiger partial charge in [-0.05, 0) is 31.2 Å². The van der Waals surface area contributed by atoms with Gasteiger partial charge in [0.1, 0.15) is 5.75 Å². The third kappa shape index (κ3) is 4.87. The van der Waals surface area contributed by atoms with Gasteiger partial charge in [-0.1, -0.05) is 0 Å². The summed E-state index contributed by atoms with van der Waals surface area (Å²) in [6.07, 6.45) is 0. The van der Waals surface area contributed by atoms with Crippen molar-refractivity contribution in [3.8, 4) is 11.8 Å². The van der Waals surface area contributed by atoms with Crippen LogP contribution in [0.25, 0.3) is 0 Å². The molecule has 1 atom stereocenters. The van der Waals surface area contributed by atoms with E-state index >= 15 is 0 Å². The third-order valence-corrected chi connectivity index (χ3v) is 3.74. The second kappa shape index (κ2) is 6.88. The summed E-state index contributed by atoms with van der Waals surface area (Å²) < 4.78 is 31.0. The van der Waals surface area contributed by atoms with Crippen LogP contribution in [-0.4, -0.2) is 32.6 Å². The lowest BCUT2D eigenvalue weighted by molar-refractivity contribution is -0.139. The van der Waals surface area contributed by atoms with Gasteiger partial charge in [0, 0.05) is 6.54 Å². The summed E-state index contributed by atoms with van der Waals surface area (Å²) in [5.74, 6) is -1.28. The lowest BCUT2D eigenvalue weighted by Crippen LogP contribution is -2.27. The number of aliphatic carboxylic acids is 1. The summed E-state index contributed by atoms with van der Waals surface area (Å²) in [5.41, 5.74) is 0. The van der Waals surface area contributed by atoms with Crippen LogP contribution >= 0.6 is 0 Å². The van der Waals surface area contributed by atoms with Crippen LogP contribution in [0.1, 0.15) is 6.92 Å². The normalized spacial score (nSPS) is 12.4. The third-order valence-electron chi connectivity index (χ3n) is 2.30. The molecular formula is C12H14N2O5S. The number of nitriles is 1. The Labute approximate surface area is 116 Å². The number of carboxylic acid groups (broad SMARTS) is 1. The Kier molecular flexibility index (Phi) is 5.49. The molecule has 0 aliphatic rings. The first-order valence-electron chi connectivity index (χ1n) is 5.69. The molecular weight excluding hydrogens is 284 g/mol. The van der Waals surface area contributed by atoms with Crippen LogP contribution in [-0.2, 0) is 14.8 Å². The van der Waals surface area contributed by atoms with Gasteiger partial charge in [0.25, 0.3) is 0 Å². The van der Waals surface area contributed by atoms with Crippen molar-refractivity contribution in [2.45, 2.75) is 11.8 Å². The van der Waals surface area contributed by atoms with Crippen LogP contribution in [0.2, 0.25) is 0 Å². The van der Waals surface area contributed by atoms with Gasteiger partial charge in [-0.2, -0.15) is 5.26 Å². The van der Waals surface area contributed by atoms with Gasteiger partial charge in [-0.25, -0.2) is 17.9 Å². The maximum absolute atomic E-state index is 11.9. The first-order valence-corrected chi connectivity index (χ1v) is 7.17. The van der Waals surface area contributed by atoms with E-state index in [0.29, 0.717) is 0 Å². The standard InChI is InChI=1S/C12H14N2O5S/c1-9(6-13)7-14-20(17,18)11-4-2-10(3-5-11)19-8-12(15)16/h2-5,9,14H,7-8H2,1H3,(H,15,16). The van der Waals surface area contributed by atoms with Gasteiger partial charge < -0.3 is 9.84 Å². The van der Waals surface area contributed by atoms with E-state index in [1.807, 2.05) is 6.07 Å². The molecule has 20 heavy (non-hydrogen) atoms. The predicted octanol–water partition coefficient (Wildman–Crippen LogP) is 0.588. The number of nitrogens with zero attached hydrogens (tertiary/aromatic N) is 1. The molecule has 7 nitrogen and oxygen atoms in total. The van der Waals surface area contributed by atoms with Crippen LogP contribution in [0.3, 0.4) is 0 Å². The summed E-state index contributed by atoms with van der Waals surface area (Å²) in [7, 11) is -3.69. The van der Waals surface area contributed by atoms with Gasteiger partial charge in [0.2, 0.25) is 10.0 Å². The number of hydrogen-bond acceptors (Lipinski definition) is 5.